The first-order valence-corrected chi connectivity index (χ1v) is 11.0. The maximum absolute atomic E-state index is 13.2. The summed E-state index contributed by atoms with van der Waals surface area (Å²) in [5.74, 6) is -0.341. The van der Waals surface area contributed by atoms with E-state index in [2.05, 4.69) is 5.32 Å². The van der Waals surface area contributed by atoms with Crippen LogP contribution in [-0.2, 0) is 11.3 Å². The number of benzene rings is 3. The van der Waals surface area contributed by atoms with Crippen LogP contribution < -0.4 is 10.1 Å². The van der Waals surface area contributed by atoms with Gasteiger partial charge in [0, 0.05) is 31.1 Å². The summed E-state index contributed by atoms with van der Waals surface area (Å²) in [6.45, 7) is 3.12. The van der Waals surface area contributed by atoms with Crippen molar-refractivity contribution in [2.45, 2.75) is 19.4 Å². The fraction of sp³-hybridized carbons (Fsp3) is 0.259. The van der Waals surface area contributed by atoms with Crippen LogP contribution in [0.15, 0.2) is 72.8 Å². The number of nitrogens with one attached hydrogen (secondary N) is 1. The van der Waals surface area contributed by atoms with E-state index in [-0.39, 0.29) is 29.5 Å². The van der Waals surface area contributed by atoms with E-state index in [1.807, 2.05) is 31.2 Å². The molecule has 170 valence electrons. The van der Waals surface area contributed by atoms with Crippen molar-refractivity contribution in [3.63, 3.8) is 0 Å². The molecule has 2 amide bonds. The highest BCUT2D eigenvalue weighted by Gasteiger charge is 2.40. The topological polar surface area (TPSA) is 58.6 Å². The van der Waals surface area contributed by atoms with Crippen LogP contribution in [-0.4, -0.2) is 36.9 Å². The van der Waals surface area contributed by atoms with Gasteiger partial charge in [-0.1, -0.05) is 42.0 Å². The predicted molar refractivity (Wildman–Crippen MR) is 125 cm³/mol. The van der Waals surface area contributed by atoms with Crippen molar-refractivity contribution in [3.8, 4) is 5.75 Å². The summed E-state index contributed by atoms with van der Waals surface area (Å²) in [4.78, 5) is 28.1. The molecule has 0 spiro atoms. The van der Waals surface area contributed by atoms with E-state index in [4.69, 9.17) is 4.74 Å². The second kappa shape index (κ2) is 9.86. The smallest absolute Gasteiger partial charge is 0.253 e. The molecule has 0 radical (unpaired) electrons. The molecule has 1 aliphatic heterocycles. The van der Waals surface area contributed by atoms with E-state index in [0.717, 1.165) is 16.7 Å². The molecule has 0 aromatic heterocycles. The normalized spacial score (nSPS) is 17.6. The van der Waals surface area contributed by atoms with Crippen LogP contribution in [0.2, 0.25) is 0 Å². The molecule has 2 atom stereocenters. The molecule has 3 aromatic rings. The molecule has 33 heavy (non-hydrogen) atoms. The van der Waals surface area contributed by atoms with Crippen molar-refractivity contribution in [3.05, 3.63) is 101 Å². The van der Waals surface area contributed by atoms with Gasteiger partial charge in [-0.05, 0) is 54.4 Å². The summed E-state index contributed by atoms with van der Waals surface area (Å²) in [7, 11) is 1.58. The number of nitrogens with zero attached hydrogens (tertiary/aromatic N) is 1. The van der Waals surface area contributed by atoms with Crippen LogP contribution in [0.4, 0.5) is 4.39 Å². The lowest BCUT2D eigenvalue weighted by atomic mass is 9.88. The van der Waals surface area contributed by atoms with Crippen molar-refractivity contribution in [2.75, 3.05) is 20.2 Å². The Labute approximate surface area is 193 Å². The van der Waals surface area contributed by atoms with Gasteiger partial charge < -0.3 is 15.0 Å². The zero-order valence-electron chi connectivity index (χ0n) is 18.8. The largest absolute Gasteiger partial charge is 0.497 e. The Hall–Kier alpha value is -3.67. The number of hydrogen-bond acceptors (Lipinski definition) is 3. The maximum atomic E-state index is 13.2. The second-order valence-corrected chi connectivity index (χ2v) is 8.41. The van der Waals surface area contributed by atoms with E-state index in [9.17, 15) is 14.0 Å². The van der Waals surface area contributed by atoms with Crippen molar-refractivity contribution in [1.29, 1.82) is 0 Å². The van der Waals surface area contributed by atoms with Crippen LogP contribution in [0.1, 0.15) is 33.0 Å². The lowest BCUT2D eigenvalue weighted by molar-refractivity contribution is -0.125. The summed E-state index contributed by atoms with van der Waals surface area (Å²) in [6.07, 6.45) is 0. The highest BCUT2D eigenvalue weighted by atomic mass is 19.1. The second-order valence-electron chi connectivity index (χ2n) is 8.41. The van der Waals surface area contributed by atoms with Gasteiger partial charge in [0.1, 0.15) is 11.6 Å². The monoisotopic (exact) mass is 446 g/mol. The fourth-order valence-electron chi connectivity index (χ4n) is 4.23. The Morgan fingerprint density at radius 2 is 1.64 bits per heavy atom. The molecule has 6 heteroatoms. The lowest BCUT2D eigenvalue weighted by Gasteiger charge is -2.18. The average molecular weight is 447 g/mol. The average Bonchev–Trinajstić information content (AvgIpc) is 3.29. The third kappa shape index (κ3) is 5.22. The summed E-state index contributed by atoms with van der Waals surface area (Å²) in [5.41, 5.74) is 3.56. The third-order valence-corrected chi connectivity index (χ3v) is 6.17. The highest BCUT2D eigenvalue weighted by molar-refractivity contribution is 5.95. The maximum Gasteiger partial charge on any atom is 0.253 e. The van der Waals surface area contributed by atoms with Crippen molar-refractivity contribution in [2.24, 2.45) is 5.92 Å². The van der Waals surface area contributed by atoms with Crippen LogP contribution >= 0.6 is 0 Å². The summed E-state index contributed by atoms with van der Waals surface area (Å²) in [6, 6.07) is 21.2. The van der Waals surface area contributed by atoms with Gasteiger partial charge in [0.15, 0.2) is 0 Å². The van der Waals surface area contributed by atoms with Gasteiger partial charge in [0.05, 0.1) is 13.0 Å². The third-order valence-electron chi connectivity index (χ3n) is 6.17. The number of methoxy groups -OCH3 is 1. The van der Waals surface area contributed by atoms with Gasteiger partial charge in [-0.15, -0.1) is 0 Å². The van der Waals surface area contributed by atoms with Crippen LogP contribution in [0, 0.1) is 18.7 Å². The Bertz CT molecular complexity index is 1110. The van der Waals surface area contributed by atoms with Crippen molar-refractivity contribution >= 4 is 11.8 Å². The quantitative estimate of drug-likeness (QED) is 0.614. The molecule has 3 aromatic carbocycles. The molecular weight excluding hydrogens is 419 g/mol. The van der Waals surface area contributed by atoms with Gasteiger partial charge in [0.25, 0.3) is 5.91 Å². The van der Waals surface area contributed by atoms with Crippen LogP contribution in [0.5, 0.6) is 5.75 Å². The Morgan fingerprint density at radius 1 is 0.970 bits per heavy atom. The van der Waals surface area contributed by atoms with Gasteiger partial charge in [-0.2, -0.15) is 0 Å². The number of aryl methyl sites for hydroxylation is 1. The van der Waals surface area contributed by atoms with Crippen LogP contribution in [0.3, 0.4) is 0 Å². The first-order valence-electron chi connectivity index (χ1n) is 11.0. The van der Waals surface area contributed by atoms with Crippen molar-refractivity contribution < 1.29 is 18.7 Å². The number of halogens is 1. The van der Waals surface area contributed by atoms with E-state index < -0.39 is 0 Å². The SMILES string of the molecule is COc1ccc(C(=O)N2C[C@H](C(=O)NCc3ccc(F)cc3)[C@@H](c3ccc(C)cc3)C2)cc1. The van der Waals surface area contributed by atoms with Gasteiger partial charge in [-0.25, -0.2) is 4.39 Å². The van der Waals surface area contributed by atoms with Gasteiger partial charge in [0.2, 0.25) is 5.91 Å². The van der Waals surface area contributed by atoms with Crippen LogP contribution in [0.25, 0.3) is 0 Å². The van der Waals surface area contributed by atoms with E-state index in [1.54, 1.807) is 48.4 Å². The number of carbonyl (C=O) groups is 2. The molecule has 1 saturated heterocycles. The first kappa shape index (κ1) is 22.5. The van der Waals surface area contributed by atoms with Crippen molar-refractivity contribution in [1.82, 2.24) is 10.2 Å². The van der Waals surface area contributed by atoms with E-state index >= 15 is 0 Å². The van der Waals surface area contributed by atoms with Gasteiger partial charge >= 0.3 is 0 Å². The zero-order valence-corrected chi connectivity index (χ0v) is 18.8. The molecular formula is C27H27FN2O3. The molecule has 5 nitrogen and oxygen atoms in total. The predicted octanol–water partition coefficient (Wildman–Crippen LogP) is 4.31. The molecule has 1 aliphatic rings. The minimum absolute atomic E-state index is 0.108. The van der Waals surface area contributed by atoms with E-state index in [1.165, 1.54) is 12.1 Å². The summed E-state index contributed by atoms with van der Waals surface area (Å²) >= 11 is 0. The minimum Gasteiger partial charge on any atom is -0.497 e. The number of ether oxygens (including phenoxy) is 1. The Morgan fingerprint density at radius 3 is 2.27 bits per heavy atom. The molecule has 0 unspecified atom stereocenters. The summed E-state index contributed by atoms with van der Waals surface area (Å²) in [5, 5.41) is 2.97. The molecule has 1 fully saturated rings. The van der Waals surface area contributed by atoms with E-state index in [0.29, 0.717) is 30.9 Å². The molecule has 0 bridgehead atoms. The molecule has 0 aliphatic carbocycles. The number of carbonyl (C=O) groups excluding carboxylic acids is 2. The molecule has 0 saturated carbocycles. The number of likely N-dealkylation sites (tertiary alicyclic amines) is 1. The lowest BCUT2D eigenvalue weighted by Crippen LogP contribution is -2.35. The number of amides is 2. The number of rotatable bonds is 6. The van der Waals surface area contributed by atoms with Gasteiger partial charge in [-0.3, -0.25) is 9.59 Å². The zero-order chi connectivity index (χ0) is 23.4. The first-order chi connectivity index (χ1) is 15.9. The Kier molecular flexibility index (Phi) is 6.73. The highest BCUT2D eigenvalue weighted by Crippen LogP contribution is 2.34. The fourth-order valence-corrected chi connectivity index (χ4v) is 4.23. The number of hydrogen-bond donors (Lipinski definition) is 1. The Balaban J connectivity index is 1.52. The molecule has 1 heterocycles. The molecule has 1 N–H and O–H groups in total. The summed E-state index contributed by atoms with van der Waals surface area (Å²) < 4.78 is 18.3. The molecule has 4 rings (SSSR count). The standard InChI is InChI=1S/C27H27FN2O3/c1-18-3-7-20(8-4-18)24-16-30(27(32)21-9-13-23(33-2)14-10-21)17-25(24)26(31)29-15-19-5-11-22(28)12-6-19/h3-14,24-25H,15-17H2,1-2H3,(H,29,31)/t24-,25+/m1/s1. The minimum atomic E-state index is -0.379.